The van der Waals surface area contributed by atoms with Crippen LogP contribution in [0.15, 0.2) is 60.7 Å². The van der Waals surface area contributed by atoms with E-state index in [-0.39, 0.29) is 5.69 Å². The molecule has 0 aliphatic heterocycles. The number of benzene rings is 2. The summed E-state index contributed by atoms with van der Waals surface area (Å²) in [5, 5.41) is 20.2. The van der Waals surface area contributed by atoms with E-state index in [4.69, 9.17) is 0 Å². The van der Waals surface area contributed by atoms with E-state index in [2.05, 4.69) is 15.7 Å². The van der Waals surface area contributed by atoms with E-state index in [1.54, 1.807) is 23.9 Å². The summed E-state index contributed by atoms with van der Waals surface area (Å²) in [6.45, 7) is 0. The second kappa shape index (κ2) is 6.83. The molecule has 0 saturated heterocycles. The fraction of sp³-hybridized carbons (Fsp3) is 0.0588. The number of nitro benzene ring substituents is 1. The summed E-state index contributed by atoms with van der Waals surface area (Å²) in [4.78, 5) is 22.3. The summed E-state index contributed by atoms with van der Waals surface area (Å²) in [5.41, 5.74) is 2.06. The second-order valence-corrected chi connectivity index (χ2v) is 5.29. The number of nitrogens with zero attached hydrogens (tertiary/aromatic N) is 3. The molecule has 3 rings (SSSR count). The zero-order valence-corrected chi connectivity index (χ0v) is 13.3. The number of anilines is 2. The number of nitro groups is 1. The van der Waals surface area contributed by atoms with Crippen LogP contribution in [0.1, 0.15) is 0 Å². The molecule has 8 nitrogen and oxygen atoms in total. The molecule has 0 unspecified atom stereocenters. The zero-order valence-electron chi connectivity index (χ0n) is 13.3. The number of hydrogen-bond donors (Lipinski definition) is 2. The first-order valence-electron chi connectivity index (χ1n) is 7.45. The van der Waals surface area contributed by atoms with Gasteiger partial charge in [0, 0.05) is 30.9 Å². The van der Waals surface area contributed by atoms with E-state index in [1.165, 1.54) is 18.2 Å². The molecule has 0 fully saturated rings. The van der Waals surface area contributed by atoms with Crippen LogP contribution in [0.25, 0.3) is 11.3 Å². The lowest BCUT2D eigenvalue weighted by atomic mass is 10.1. The molecular formula is C17H15N5O3. The minimum Gasteiger partial charge on any atom is -0.307 e. The van der Waals surface area contributed by atoms with Gasteiger partial charge in [0.2, 0.25) is 0 Å². The van der Waals surface area contributed by atoms with E-state index in [1.807, 2.05) is 30.3 Å². The van der Waals surface area contributed by atoms with E-state index < -0.39 is 11.0 Å². The number of hydrogen-bond acceptors (Lipinski definition) is 4. The molecule has 2 N–H and O–H groups in total. The van der Waals surface area contributed by atoms with Gasteiger partial charge in [-0.2, -0.15) is 5.10 Å². The minimum absolute atomic E-state index is 0.0954. The van der Waals surface area contributed by atoms with Gasteiger partial charge in [0.15, 0.2) is 5.82 Å². The Morgan fingerprint density at radius 3 is 2.56 bits per heavy atom. The summed E-state index contributed by atoms with van der Waals surface area (Å²) in [6, 6.07) is 16.6. The number of carbonyl (C=O) groups excluding carboxylic acids is 1. The third kappa shape index (κ3) is 3.81. The molecule has 1 aromatic heterocycles. The SMILES string of the molecule is Cn1nc(NC(=O)Nc2cccc([N+](=O)[O-])c2)cc1-c1ccccc1. The molecule has 0 spiro atoms. The fourth-order valence-corrected chi connectivity index (χ4v) is 2.38. The summed E-state index contributed by atoms with van der Waals surface area (Å²) >= 11 is 0. The van der Waals surface area contributed by atoms with Gasteiger partial charge < -0.3 is 5.32 Å². The molecule has 25 heavy (non-hydrogen) atoms. The average Bonchev–Trinajstić information content (AvgIpc) is 2.96. The van der Waals surface area contributed by atoms with Crippen molar-refractivity contribution in [3.63, 3.8) is 0 Å². The van der Waals surface area contributed by atoms with Gasteiger partial charge in [0.25, 0.3) is 5.69 Å². The molecule has 0 aliphatic rings. The van der Waals surface area contributed by atoms with Crippen LogP contribution in [0.2, 0.25) is 0 Å². The molecule has 2 amide bonds. The van der Waals surface area contributed by atoms with Crippen molar-refractivity contribution in [2.75, 3.05) is 10.6 Å². The first kappa shape index (κ1) is 16.2. The minimum atomic E-state index is -0.529. The Balaban J connectivity index is 1.72. The molecule has 0 aliphatic carbocycles. The first-order valence-corrected chi connectivity index (χ1v) is 7.45. The predicted molar refractivity (Wildman–Crippen MR) is 94.4 cm³/mol. The first-order chi connectivity index (χ1) is 12.0. The summed E-state index contributed by atoms with van der Waals surface area (Å²) in [6.07, 6.45) is 0. The van der Waals surface area contributed by atoms with Gasteiger partial charge in [-0.05, 0) is 11.6 Å². The number of aryl methyl sites for hydroxylation is 1. The van der Waals surface area contributed by atoms with E-state index in [0.717, 1.165) is 11.3 Å². The Kier molecular flexibility index (Phi) is 4.42. The van der Waals surface area contributed by atoms with E-state index in [0.29, 0.717) is 11.5 Å². The van der Waals surface area contributed by atoms with Gasteiger partial charge in [-0.1, -0.05) is 36.4 Å². The van der Waals surface area contributed by atoms with Crippen LogP contribution in [0.3, 0.4) is 0 Å². The second-order valence-electron chi connectivity index (χ2n) is 5.29. The highest BCUT2D eigenvalue weighted by molar-refractivity contribution is 5.99. The molecule has 2 aromatic carbocycles. The van der Waals surface area contributed by atoms with E-state index >= 15 is 0 Å². The van der Waals surface area contributed by atoms with Crippen molar-refractivity contribution in [2.45, 2.75) is 0 Å². The Labute approximate surface area is 143 Å². The highest BCUT2D eigenvalue weighted by atomic mass is 16.6. The summed E-state index contributed by atoms with van der Waals surface area (Å²) in [5.74, 6) is 0.379. The van der Waals surface area contributed by atoms with Gasteiger partial charge in [0.05, 0.1) is 10.6 Å². The van der Waals surface area contributed by atoms with Crippen molar-refractivity contribution in [1.82, 2.24) is 9.78 Å². The lowest BCUT2D eigenvalue weighted by Gasteiger charge is -2.05. The van der Waals surface area contributed by atoms with Crippen LogP contribution < -0.4 is 10.6 Å². The molecule has 0 atom stereocenters. The lowest BCUT2D eigenvalue weighted by Crippen LogP contribution is -2.19. The Morgan fingerprint density at radius 1 is 1.08 bits per heavy atom. The maximum atomic E-state index is 12.1. The third-order valence-electron chi connectivity index (χ3n) is 3.51. The third-order valence-corrected chi connectivity index (χ3v) is 3.51. The van der Waals surface area contributed by atoms with Crippen molar-refractivity contribution in [2.24, 2.45) is 7.05 Å². The van der Waals surface area contributed by atoms with Crippen LogP contribution in [0.4, 0.5) is 22.0 Å². The summed E-state index contributed by atoms with van der Waals surface area (Å²) in [7, 11) is 1.78. The van der Waals surface area contributed by atoms with Crippen LogP contribution >= 0.6 is 0 Å². The topological polar surface area (TPSA) is 102 Å². The predicted octanol–water partition coefficient (Wildman–Crippen LogP) is 3.64. The normalized spacial score (nSPS) is 10.3. The van der Waals surface area contributed by atoms with Crippen LogP contribution in [-0.4, -0.2) is 20.7 Å². The maximum absolute atomic E-state index is 12.1. The number of aromatic nitrogens is 2. The van der Waals surface area contributed by atoms with Gasteiger partial charge >= 0.3 is 6.03 Å². The van der Waals surface area contributed by atoms with Crippen molar-refractivity contribution >= 4 is 23.2 Å². The monoisotopic (exact) mass is 337 g/mol. The maximum Gasteiger partial charge on any atom is 0.324 e. The molecule has 3 aromatic rings. The van der Waals surface area contributed by atoms with Crippen LogP contribution in [-0.2, 0) is 7.05 Å². The number of non-ortho nitro benzene ring substituents is 1. The van der Waals surface area contributed by atoms with E-state index in [9.17, 15) is 14.9 Å². The van der Waals surface area contributed by atoms with Crippen molar-refractivity contribution in [3.8, 4) is 11.3 Å². The Morgan fingerprint density at radius 2 is 1.84 bits per heavy atom. The zero-order chi connectivity index (χ0) is 17.8. The smallest absolute Gasteiger partial charge is 0.307 e. The standard InChI is InChI=1S/C17H15N5O3/c1-21-15(12-6-3-2-4-7-12)11-16(20-21)19-17(23)18-13-8-5-9-14(10-13)22(24)25/h2-11H,1H3,(H2,18,19,20,23). The molecule has 0 radical (unpaired) electrons. The van der Waals surface area contributed by atoms with Crippen molar-refractivity contribution in [1.29, 1.82) is 0 Å². The highest BCUT2D eigenvalue weighted by Crippen LogP contribution is 2.22. The molecule has 1 heterocycles. The van der Waals surface area contributed by atoms with Gasteiger partial charge in [-0.15, -0.1) is 0 Å². The molecule has 8 heteroatoms. The average molecular weight is 337 g/mol. The van der Waals surface area contributed by atoms with Gasteiger partial charge in [0.1, 0.15) is 0 Å². The quantitative estimate of drug-likeness (QED) is 0.560. The number of rotatable bonds is 4. The fourth-order valence-electron chi connectivity index (χ4n) is 2.38. The molecular weight excluding hydrogens is 322 g/mol. The highest BCUT2D eigenvalue weighted by Gasteiger charge is 2.11. The van der Waals surface area contributed by atoms with Crippen LogP contribution in [0, 0.1) is 10.1 Å². The molecule has 126 valence electrons. The Hall–Kier alpha value is -3.68. The number of urea groups is 1. The summed E-state index contributed by atoms with van der Waals surface area (Å²) < 4.78 is 1.66. The largest absolute Gasteiger partial charge is 0.324 e. The number of carbonyl (C=O) groups is 1. The molecule has 0 bridgehead atoms. The number of amides is 2. The van der Waals surface area contributed by atoms with Crippen molar-refractivity contribution < 1.29 is 9.72 Å². The van der Waals surface area contributed by atoms with Crippen molar-refractivity contribution in [3.05, 3.63) is 70.8 Å². The lowest BCUT2D eigenvalue weighted by molar-refractivity contribution is -0.384. The number of nitrogens with one attached hydrogen (secondary N) is 2. The van der Waals surface area contributed by atoms with Crippen LogP contribution in [0.5, 0.6) is 0 Å². The Bertz CT molecular complexity index is 921. The van der Waals surface area contributed by atoms with Gasteiger partial charge in [-0.3, -0.25) is 20.1 Å². The molecule has 0 saturated carbocycles. The van der Waals surface area contributed by atoms with Gasteiger partial charge in [-0.25, -0.2) is 4.79 Å².